The molecule has 0 bridgehead atoms. The van der Waals surface area contributed by atoms with Crippen LogP contribution in [0.3, 0.4) is 0 Å². The van der Waals surface area contributed by atoms with Crippen LogP contribution in [0.25, 0.3) is 0 Å². The van der Waals surface area contributed by atoms with Gasteiger partial charge in [-0.2, -0.15) is 0 Å². The summed E-state index contributed by atoms with van der Waals surface area (Å²) in [5.74, 6) is 0.950. The summed E-state index contributed by atoms with van der Waals surface area (Å²) in [4.78, 5) is 12.7. The van der Waals surface area contributed by atoms with Gasteiger partial charge in [0.2, 0.25) is 5.91 Å². The van der Waals surface area contributed by atoms with E-state index in [1.54, 1.807) is 7.11 Å². The monoisotopic (exact) mass is 356 g/mol. The molecule has 1 heterocycles. The van der Waals surface area contributed by atoms with Gasteiger partial charge in [0.05, 0.1) is 19.6 Å². The van der Waals surface area contributed by atoms with Gasteiger partial charge in [0.25, 0.3) is 0 Å². The van der Waals surface area contributed by atoms with Gasteiger partial charge in [0, 0.05) is 16.5 Å². The normalized spacial score (nSPS) is 20.0. The fourth-order valence-electron chi connectivity index (χ4n) is 3.61. The molecule has 2 aromatic carbocycles. The molecule has 3 nitrogen and oxygen atoms in total. The molecular formula is C21H23ClNO2. The lowest BCUT2D eigenvalue weighted by molar-refractivity contribution is -0.123. The number of rotatable bonds is 4. The van der Waals surface area contributed by atoms with Gasteiger partial charge in [0.15, 0.2) is 0 Å². The minimum atomic E-state index is -0.202. The molecule has 1 radical (unpaired) electrons. The molecule has 3 rings (SSSR count). The number of carbonyl (C=O) groups is 1. The topological polar surface area (TPSA) is 40.4 Å². The number of para-hydroxylation sites is 1. The standard InChI is InChI=1S/C21H23ClNO2/c1-13(2)10-18-15-9-8-14(22)11-17(15)19(12-23-21(18)24)16-6-4-5-7-20(16)25-3/h4-9,11,13,18-19H,10,12H2,1-3H3. The highest BCUT2D eigenvalue weighted by Crippen LogP contribution is 2.40. The van der Waals surface area contributed by atoms with Crippen LogP contribution in [0.5, 0.6) is 5.75 Å². The number of benzene rings is 2. The van der Waals surface area contributed by atoms with Gasteiger partial charge < -0.3 is 4.74 Å². The lowest BCUT2D eigenvalue weighted by Gasteiger charge is -2.22. The molecule has 0 saturated carbocycles. The zero-order valence-electron chi connectivity index (χ0n) is 14.8. The van der Waals surface area contributed by atoms with Crippen molar-refractivity contribution in [3.63, 3.8) is 0 Å². The highest BCUT2D eigenvalue weighted by atomic mass is 35.5. The van der Waals surface area contributed by atoms with Crippen molar-refractivity contribution in [3.8, 4) is 5.75 Å². The molecule has 4 heteroatoms. The van der Waals surface area contributed by atoms with E-state index in [0.717, 1.165) is 28.9 Å². The van der Waals surface area contributed by atoms with Crippen LogP contribution in [0, 0.1) is 5.92 Å². The zero-order valence-corrected chi connectivity index (χ0v) is 15.6. The largest absolute Gasteiger partial charge is 0.496 e. The van der Waals surface area contributed by atoms with Crippen LogP contribution in [0.1, 0.15) is 48.8 Å². The summed E-state index contributed by atoms with van der Waals surface area (Å²) in [5, 5.41) is 5.08. The van der Waals surface area contributed by atoms with Crippen molar-refractivity contribution >= 4 is 17.5 Å². The van der Waals surface area contributed by atoms with E-state index in [2.05, 4.69) is 19.2 Å². The minimum absolute atomic E-state index is 0.0327. The first-order valence-corrected chi connectivity index (χ1v) is 9.02. The van der Waals surface area contributed by atoms with Crippen molar-refractivity contribution in [2.24, 2.45) is 5.92 Å². The van der Waals surface area contributed by atoms with Crippen LogP contribution in [0.4, 0.5) is 0 Å². The Morgan fingerprint density at radius 2 is 1.92 bits per heavy atom. The van der Waals surface area contributed by atoms with Gasteiger partial charge in [-0.25, -0.2) is 5.32 Å². The molecule has 0 fully saturated rings. The molecule has 2 unspecified atom stereocenters. The van der Waals surface area contributed by atoms with Gasteiger partial charge in [-0.1, -0.05) is 49.7 Å². The number of fused-ring (bicyclic) bond motifs is 1. The maximum atomic E-state index is 12.7. The van der Waals surface area contributed by atoms with E-state index in [0.29, 0.717) is 17.5 Å². The molecule has 1 aliphatic rings. The maximum Gasteiger partial charge on any atom is 0.248 e. The van der Waals surface area contributed by atoms with Crippen molar-refractivity contribution < 1.29 is 9.53 Å². The average Bonchev–Trinajstić information content (AvgIpc) is 2.72. The van der Waals surface area contributed by atoms with Crippen LogP contribution in [-0.4, -0.2) is 19.6 Å². The van der Waals surface area contributed by atoms with E-state index in [9.17, 15) is 4.79 Å². The Bertz CT molecular complexity index is 772. The number of ether oxygens (including phenoxy) is 1. The molecule has 0 N–H and O–H groups in total. The molecule has 2 atom stereocenters. The summed E-state index contributed by atoms with van der Waals surface area (Å²) >= 11 is 6.30. The Hall–Kier alpha value is -2.00. The van der Waals surface area contributed by atoms with E-state index in [-0.39, 0.29) is 17.7 Å². The minimum Gasteiger partial charge on any atom is -0.496 e. The van der Waals surface area contributed by atoms with Crippen molar-refractivity contribution in [2.75, 3.05) is 13.7 Å². The van der Waals surface area contributed by atoms with Crippen LogP contribution < -0.4 is 10.1 Å². The quantitative estimate of drug-likeness (QED) is 0.792. The summed E-state index contributed by atoms with van der Waals surface area (Å²) in [6, 6.07) is 13.8. The summed E-state index contributed by atoms with van der Waals surface area (Å²) in [6.45, 7) is 4.68. The number of amides is 1. The molecular weight excluding hydrogens is 334 g/mol. The van der Waals surface area contributed by atoms with Gasteiger partial charge in [0.1, 0.15) is 5.75 Å². The van der Waals surface area contributed by atoms with Crippen molar-refractivity contribution in [1.29, 1.82) is 0 Å². The summed E-state index contributed by atoms with van der Waals surface area (Å²) in [5.41, 5.74) is 3.16. The summed E-state index contributed by atoms with van der Waals surface area (Å²) in [6.07, 6.45) is 0.787. The highest BCUT2D eigenvalue weighted by Gasteiger charge is 2.33. The van der Waals surface area contributed by atoms with Crippen LogP contribution in [0.15, 0.2) is 42.5 Å². The van der Waals surface area contributed by atoms with Crippen LogP contribution in [-0.2, 0) is 4.79 Å². The molecule has 0 saturated heterocycles. The van der Waals surface area contributed by atoms with Crippen molar-refractivity contribution in [3.05, 3.63) is 64.2 Å². The number of carbonyl (C=O) groups excluding carboxylic acids is 1. The first-order valence-electron chi connectivity index (χ1n) is 8.64. The fraction of sp³-hybridized carbons (Fsp3) is 0.381. The molecule has 0 aliphatic carbocycles. The molecule has 0 aromatic heterocycles. The number of nitrogens with zero attached hydrogens (tertiary/aromatic N) is 1. The Morgan fingerprint density at radius 3 is 2.64 bits per heavy atom. The van der Waals surface area contributed by atoms with E-state index in [4.69, 9.17) is 16.3 Å². The number of hydrogen-bond acceptors (Lipinski definition) is 2. The zero-order chi connectivity index (χ0) is 18.0. The van der Waals surface area contributed by atoms with Crippen molar-refractivity contribution in [2.45, 2.75) is 32.1 Å². The summed E-state index contributed by atoms with van der Waals surface area (Å²) < 4.78 is 5.54. The first-order chi connectivity index (χ1) is 12.0. The van der Waals surface area contributed by atoms with E-state index in [1.807, 2.05) is 42.5 Å². The number of halogens is 1. The predicted octanol–water partition coefficient (Wildman–Crippen LogP) is 4.75. The fourth-order valence-corrected chi connectivity index (χ4v) is 3.79. The Kier molecular flexibility index (Phi) is 5.33. The SMILES string of the molecule is COc1ccccc1C1C[N]C(=O)C(CC(C)C)c2ccc(Cl)cc21. The third-order valence-electron chi connectivity index (χ3n) is 4.75. The van der Waals surface area contributed by atoms with Crippen LogP contribution >= 0.6 is 11.6 Å². The lowest BCUT2D eigenvalue weighted by atomic mass is 9.82. The van der Waals surface area contributed by atoms with Crippen molar-refractivity contribution in [1.82, 2.24) is 5.32 Å². The van der Waals surface area contributed by atoms with Gasteiger partial charge in [-0.05, 0) is 41.7 Å². The second kappa shape index (κ2) is 7.49. The van der Waals surface area contributed by atoms with Gasteiger partial charge in [-0.15, -0.1) is 0 Å². The number of methoxy groups -OCH3 is 1. The lowest BCUT2D eigenvalue weighted by Crippen LogP contribution is -2.24. The van der Waals surface area contributed by atoms with Crippen LogP contribution in [0.2, 0.25) is 5.02 Å². The molecule has 131 valence electrons. The van der Waals surface area contributed by atoms with E-state index in [1.165, 1.54) is 0 Å². The Labute approximate surface area is 154 Å². The number of hydrogen-bond donors (Lipinski definition) is 0. The van der Waals surface area contributed by atoms with Gasteiger partial charge >= 0.3 is 0 Å². The third kappa shape index (κ3) is 3.67. The molecule has 2 aromatic rings. The molecule has 0 spiro atoms. The third-order valence-corrected chi connectivity index (χ3v) is 4.98. The molecule has 1 amide bonds. The highest BCUT2D eigenvalue weighted by molar-refractivity contribution is 6.30. The predicted molar refractivity (Wildman–Crippen MR) is 100 cm³/mol. The summed E-state index contributed by atoms with van der Waals surface area (Å²) in [7, 11) is 1.66. The second-order valence-electron chi connectivity index (χ2n) is 6.93. The Balaban J connectivity index is 2.15. The molecule has 25 heavy (non-hydrogen) atoms. The maximum absolute atomic E-state index is 12.7. The smallest absolute Gasteiger partial charge is 0.248 e. The van der Waals surface area contributed by atoms with E-state index < -0.39 is 0 Å². The van der Waals surface area contributed by atoms with E-state index >= 15 is 0 Å². The molecule has 1 aliphatic heterocycles. The first kappa shape index (κ1) is 17.8. The Morgan fingerprint density at radius 1 is 1.16 bits per heavy atom. The second-order valence-corrected chi connectivity index (χ2v) is 7.37. The average molecular weight is 357 g/mol. The van der Waals surface area contributed by atoms with Gasteiger partial charge in [-0.3, -0.25) is 4.79 Å².